The summed E-state index contributed by atoms with van der Waals surface area (Å²) in [6.07, 6.45) is 3.48. The minimum Gasteiger partial charge on any atom is -0.325 e. The molecule has 1 aromatic rings. The predicted molar refractivity (Wildman–Crippen MR) is 79.0 cm³/mol. The van der Waals surface area contributed by atoms with Crippen molar-refractivity contribution in [1.82, 2.24) is 5.32 Å². The highest BCUT2D eigenvalue weighted by molar-refractivity contribution is 5.92. The van der Waals surface area contributed by atoms with Gasteiger partial charge in [0.05, 0.1) is 6.54 Å². The Balaban J connectivity index is 1.74. The summed E-state index contributed by atoms with van der Waals surface area (Å²) in [4.78, 5) is 11.8. The number of hydrogen-bond acceptors (Lipinski definition) is 2. The maximum atomic E-state index is 12.8. The van der Waals surface area contributed by atoms with E-state index in [1.54, 1.807) is 12.1 Å². The molecule has 1 amide bonds. The third kappa shape index (κ3) is 4.30. The van der Waals surface area contributed by atoms with Gasteiger partial charge in [-0.3, -0.25) is 4.79 Å². The van der Waals surface area contributed by atoms with E-state index >= 15 is 0 Å². The van der Waals surface area contributed by atoms with Crippen LogP contribution >= 0.6 is 0 Å². The van der Waals surface area contributed by atoms with Crippen LogP contribution in [0.25, 0.3) is 0 Å². The molecule has 110 valence electrons. The lowest BCUT2D eigenvalue weighted by atomic mass is 9.79. The van der Waals surface area contributed by atoms with Crippen LogP contribution in [0.5, 0.6) is 0 Å². The molecule has 0 heterocycles. The molecule has 2 N–H and O–H groups in total. The predicted octanol–water partition coefficient (Wildman–Crippen LogP) is 3.18. The van der Waals surface area contributed by atoms with Crippen LogP contribution in [0.1, 0.15) is 33.1 Å². The smallest absolute Gasteiger partial charge is 0.238 e. The van der Waals surface area contributed by atoms with Crippen LogP contribution in [0.4, 0.5) is 10.1 Å². The van der Waals surface area contributed by atoms with Crippen LogP contribution in [0.2, 0.25) is 0 Å². The SMILES string of the molecule is CC1CCC(NCC(=O)Nc2ccc(F)cc2)CC1C. The average molecular weight is 278 g/mol. The largest absolute Gasteiger partial charge is 0.325 e. The van der Waals surface area contributed by atoms with Gasteiger partial charge in [0.2, 0.25) is 5.91 Å². The number of amides is 1. The number of halogens is 1. The van der Waals surface area contributed by atoms with Gasteiger partial charge in [0, 0.05) is 11.7 Å². The van der Waals surface area contributed by atoms with Gasteiger partial charge >= 0.3 is 0 Å². The summed E-state index contributed by atoms with van der Waals surface area (Å²) in [5.41, 5.74) is 0.629. The van der Waals surface area contributed by atoms with Crippen LogP contribution in [0, 0.1) is 17.7 Å². The van der Waals surface area contributed by atoms with Crippen molar-refractivity contribution in [2.75, 3.05) is 11.9 Å². The zero-order chi connectivity index (χ0) is 14.5. The number of rotatable bonds is 4. The molecule has 0 saturated heterocycles. The summed E-state index contributed by atoms with van der Waals surface area (Å²) in [6.45, 7) is 4.88. The first-order valence-corrected chi connectivity index (χ1v) is 7.33. The first kappa shape index (κ1) is 15.0. The lowest BCUT2D eigenvalue weighted by Crippen LogP contribution is -2.40. The van der Waals surface area contributed by atoms with E-state index in [0.717, 1.165) is 18.8 Å². The Morgan fingerprint density at radius 3 is 2.55 bits per heavy atom. The van der Waals surface area contributed by atoms with Crippen molar-refractivity contribution >= 4 is 11.6 Å². The third-order valence-electron chi connectivity index (χ3n) is 4.28. The van der Waals surface area contributed by atoms with Crippen LogP contribution < -0.4 is 10.6 Å². The van der Waals surface area contributed by atoms with Gasteiger partial charge in [0.15, 0.2) is 0 Å². The van der Waals surface area contributed by atoms with E-state index in [9.17, 15) is 9.18 Å². The molecule has 3 unspecified atom stereocenters. The molecule has 0 bridgehead atoms. The van der Waals surface area contributed by atoms with Gasteiger partial charge in [-0.05, 0) is 55.4 Å². The molecule has 1 fully saturated rings. The number of nitrogens with one attached hydrogen (secondary N) is 2. The van der Waals surface area contributed by atoms with Crippen molar-refractivity contribution in [3.8, 4) is 0 Å². The number of carbonyl (C=O) groups is 1. The monoisotopic (exact) mass is 278 g/mol. The third-order valence-corrected chi connectivity index (χ3v) is 4.28. The van der Waals surface area contributed by atoms with E-state index in [-0.39, 0.29) is 11.7 Å². The van der Waals surface area contributed by atoms with E-state index < -0.39 is 0 Å². The minimum atomic E-state index is -0.300. The Kier molecular flexibility index (Phi) is 5.12. The molecule has 0 aliphatic heterocycles. The van der Waals surface area contributed by atoms with E-state index in [1.165, 1.54) is 18.6 Å². The van der Waals surface area contributed by atoms with Crippen molar-refractivity contribution in [2.24, 2.45) is 11.8 Å². The normalized spacial score (nSPS) is 26.2. The number of hydrogen-bond donors (Lipinski definition) is 2. The molecule has 20 heavy (non-hydrogen) atoms. The fraction of sp³-hybridized carbons (Fsp3) is 0.562. The molecule has 1 saturated carbocycles. The van der Waals surface area contributed by atoms with Gasteiger partial charge in [-0.25, -0.2) is 4.39 Å². The lowest BCUT2D eigenvalue weighted by Gasteiger charge is -2.32. The molecular formula is C16H23FN2O. The van der Waals surface area contributed by atoms with Gasteiger partial charge in [0.1, 0.15) is 5.82 Å². The minimum absolute atomic E-state index is 0.0807. The average Bonchev–Trinajstić information content (AvgIpc) is 2.43. The standard InChI is InChI=1S/C16H23FN2O/c1-11-3-6-15(9-12(11)2)18-10-16(20)19-14-7-4-13(17)5-8-14/h4-5,7-8,11-12,15,18H,3,6,9-10H2,1-2H3,(H,19,20). The Hall–Kier alpha value is -1.42. The maximum absolute atomic E-state index is 12.8. The fourth-order valence-electron chi connectivity index (χ4n) is 2.71. The van der Waals surface area contributed by atoms with Crippen LogP contribution in [-0.2, 0) is 4.79 Å². The molecule has 4 heteroatoms. The van der Waals surface area contributed by atoms with Crippen LogP contribution in [0.15, 0.2) is 24.3 Å². The second-order valence-electron chi connectivity index (χ2n) is 5.90. The van der Waals surface area contributed by atoms with Crippen molar-refractivity contribution in [2.45, 2.75) is 39.2 Å². The summed E-state index contributed by atoms with van der Waals surface area (Å²) in [5.74, 6) is 1.11. The van der Waals surface area contributed by atoms with Crippen molar-refractivity contribution in [3.05, 3.63) is 30.1 Å². The molecule has 1 aliphatic carbocycles. The van der Waals surface area contributed by atoms with Gasteiger partial charge in [-0.2, -0.15) is 0 Å². The molecule has 1 aliphatic rings. The Morgan fingerprint density at radius 2 is 1.90 bits per heavy atom. The van der Waals surface area contributed by atoms with E-state index in [2.05, 4.69) is 24.5 Å². The molecule has 0 spiro atoms. The quantitative estimate of drug-likeness (QED) is 0.888. The van der Waals surface area contributed by atoms with Crippen molar-refractivity contribution in [3.63, 3.8) is 0 Å². The lowest BCUT2D eigenvalue weighted by molar-refractivity contribution is -0.115. The molecule has 3 nitrogen and oxygen atoms in total. The van der Waals surface area contributed by atoms with E-state index in [0.29, 0.717) is 24.2 Å². The van der Waals surface area contributed by atoms with Crippen LogP contribution in [-0.4, -0.2) is 18.5 Å². The van der Waals surface area contributed by atoms with E-state index in [1.807, 2.05) is 0 Å². The first-order chi connectivity index (χ1) is 9.54. The maximum Gasteiger partial charge on any atom is 0.238 e. The Morgan fingerprint density at radius 1 is 1.20 bits per heavy atom. The van der Waals surface area contributed by atoms with Gasteiger partial charge in [0.25, 0.3) is 0 Å². The number of benzene rings is 1. The summed E-state index contributed by atoms with van der Waals surface area (Å²) < 4.78 is 12.8. The highest BCUT2D eigenvalue weighted by Gasteiger charge is 2.24. The molecule has 0 aromatic heterocycles. The second kappa shape index (κ2) is 6.84. The second-order valence-corrected chi connectivity index (χ2v) is 5.90. The topological polar surface area (TPSA) is 41.1 Å². The summed E-state index contributed by atoms with van der Waals surface area (Å²) in [5, 5.41) is 6.08. The van der Waals surface area contributed by atoms with Gasteiger partial charge in [-0.15, -0.1) is 0 Å². The van der Waals surface area contributed by atoms with Crippen molar-refractivity contribution < 1.29 is 9.18 Å². The van der Waals surface area contributed by atoms with Gasteiger partial charge in [-0.1, -0.05) is 13.8 Å². The Labute approximate surface area is 120 Å². The molecule has 2 rings (SSSR count). The molecular weight excluding hydrogens is 255 g/mol. The molecule has 1 aromatic carbocycles. The summed E-state index contributed by atoms with van der Waals surface area (Å²) >= 11 is 0. The number of carbonyl (C=O) groups excluding carboxylic acids is 1. The molecule has 3 atom stereocenters. The van der Waals surface area contributed by atoms with Crippen LogP contribution in [0.3, 0.4) is 0 Å². The van der Waals surface area contributed by atoms with Crippen molar-refractivity contribution in [1.29, 1.82) is 0 Å². The zero-order valence-corrected chi connectivity index (χ0v) is 12.2. The first-order valence-electron chi connectivity index (χ1n) is 7.33. The summed E-state index contributed by atoms with van der Waals surface area (Å²) in [7, 11) is 0. The Bertz CT molecular complexity index is 446. The zero-order valence-electron chi connectivity index (χ0n) is 12.2. The van der Waals surface area contributed by atoms with Gasteiger partial charge < -0.3 is 10.6 Å². The fourth-order valence-corrected chi connectivity index (χ4v) is 2.71. The summed E-state index contributed by atoms with van der Waals surface area (Å²) in [6, 6.07) is 6.25. The highest BCUT2D eigenvalue weighted by atomic mass is 19.1. The number of anilines is 1. The van der Waals surface area contributed by atoms with E-state index in [4.69, 9.17) is 0 Å². The molecule has 0 radical (unpaired) electrons. The highest BCUT2D eigenvalue weighted by Crippen LogP contribution is 2.29.